The molecule has 0 saturated heterocycles. The van der Waals surface area contributed by atoms with Crippen LogP contribution in [0.3, 0.4) is 0 Å². The van der Waals surface area contributed by atoms with Crippen LogP contribution in [0, 0.1) is 0 Å². The molecular weight excluding hydrogens is 1180 g/mol. The van der Waals surface area contributed by atoms with Gasteiger partial charge in [0.25, 0.3) is 7.82 Å². The molecule has 0 aliphatic carbocycles. The molecule has 0 rings (SSSR count). The quantitative estimate of drug-likeness (QED) is 0.0195. The predicted molar refractivity (Wildman–Crippen MR) is 406 cm³/mol. The molecule has 9 nitrogen and oxygen atoms in total. The van der Waals surface area contributed by atoms with Gasteiger partial charge in [0, 0.05) is 12.8 Å². The minimum Gasteiger partial charge on any atom is -0.756 e. The lowest BCUT2D eigenvalue weighted by atomic mass is 10.0. The van der Waals surface area contributed by atoms with Gasteiger partial charge in [-0.1, -0.05) is 369 Å². The van der Waals surface area contributed by atoms with Gasteiger partial charge in [-0.05, 0) is 89.9 Å². The van der Waals surface area contributed by atoms with Gasteiger partial charge in [-0.2, -0.15) is 0 Å². The molecule has 548 valence electrons. The van der Waals surface area contributed by atoms with Gasteiger partial charge in [-0.25, -0.2) is 0 Å². The molecule has 0 fully saturated rings. The van der Waals surface area contributed by atoms with Crippen LogP contribution in [-0.4, -0.2) is 70.0 Å². The van der Waals surface area contributed by atoms with Gasteiger partial charge in [0.2, 0.25) is 0 Å². The average Bonchev–Trinajstić information content (AvgIpc) is 1.57. The summed E-state index contributed by atoms with van der Waals surface area (Å²) in [5.41, 5.74) is 0. The molecule has 0 bridgehead atoms. The van der Waals surface area contributed by atoms with Crippen molar-refractivity contribution in [1.29, 1.82) is 0 Å². The van der Waals surface area contributed by atoms with Crippen LogP contribution in [0.5, 0.6) is 0 Å². The van der Waals surface area contributed by atoms with Gasteiger partial charge in [-0.3, -0.25) is 14.2 Å². The Morgan fingerprint density at radius 3 is 0.904 bits per heavy atom. The van der Waals surface area contributed by atoms with Crippen molar-refractivity contribution in [3.63, 3.8) is 0 Å². The number of hydrogen-bond donors (Lipinski definition) is 0. The van der Waals surface area contributed by atoms with Gasteiger partial charge in [0.15, 0.2) is 6.10 Å². The Hall–Kier alpha value is -2.81. The summed E-state index contributed by atoms with van der Waals surface area (Å²) >= 11 is 0. The van der Waals surface area contributed by atoms with E-state index in [1.165, 1.54) is 283 Å². The Balaban J connectivity index is 3.90. The molecule has 94 heavy (non-hydrogen) atoms. The highest BCUT2D eigenvalue weighted by atomic mass is 31.2. The number of carbonyl (C=O) groups excluding carboxylic acids is 2. The SMILES string of the molecule is CC/C=C\C/C=C\C/C=C\C/C=C\CCCCCCCCCCCCCCCCCCCCCCCCCCCCCCC(=O)OC(COC(=O)CCCCCCCCCCCCCCCC/C=C\C/C=C\C/C=C\CCCCCCC)COP(=O)([O-])OCC[N+](C)(C)C. The van der Waals surface area contributed by atoms with Gasteiger partial charge < -0.3 is 27.9 Å². The van der Waals surface area contributed by atoms with E-state index in [0.717, 1.165) is 70.6 Å². The fourth-order valence-corrected chi connectivity index (χ4v) is 12.5. The van der Waals surface area contributed by atoms with Crippen LogP contribution >= 0.6 is 7.82 Å². The van der Waals surface area contributed by atoms with E-state index in [1.54, 1.807) is 0 Å². The molecule has 0 saturated carbocycles. The second-order valence-electron chi connectivity index (χ2n) is 28.4. The summed E-state index contributed by atoms with van der Waals surface area (Å²) in [6, 6.07) is 0. The lowest BCUT2D eigenvalue weighted by molar-refractivity contribution is -0.870. The summed E-state index contributed by atoms with van der Waals surface area (Å²) in [6.07, 6.45) is 103. The smallest absolute Gasteiger partial charge is 0.306 e. The van der Waals surface area contributed by atoms with Crippen LogP contribution in [0.25, 0.3) is 0 Å². The van der Waals surface area contributed by atoms with E-state index in [9.17, 15) is 19.0 Å². The normalized spacial score (nSPS) is 13.5. The molecular formula is C84H154NO8P. The summed E-state index contributed by atoms with van der Waals surface area (Å²) in [5, 5.41) is 0. The maximum atomic E-state index is 12.9. The number of likely N-dealkylation sites (N-methyl/N-ethyl adjacent to an activating group) is 1. The minimum absolute atomic E-state index is 0.0302. The van der Waals surface area contributed by atoms with Crippen LogP contribution in [-0.2, 0) is 32.7 Å². The van der Waals surface area contributed by atoms with Crippen molar-refractivity contribution in [1.82, 2.24) is 0 Å². The van der Waals surface area contributed by atoms with E-state index in [4.69, 9.17) is 18.5 Å². The van der Waals surface area contributed by atoms with Crippen LogP contribution in [0.4, 0.5) is 0 Å². The molecule has 0 aliphatic heterocycles. The molecule has 0 aromatic carbocycles. The van der Waals surface area contributed by atoms with Crippen molar-refractivity contribution in [2.75, 3.05) is 47.5 Å². The second-order valence-corrected chi connectivity index (χ2v) is 29.8. The molecule has 0 heterocycles. The number of unbranched alkanes of at least 4 members (excludes halogenated alkanes) is 47. The third-order valence-corrected chi connectivity index (χ3v) is 18.9. The number of rotatable bonds is 75. The number of carbonyl (C=O) groups is 2. The molecule has 0 spiro atoms. The number of phosphoric acid groups is 1. The van der Waals surface area contributed by atoms with Crippen molar-refractivity contribution in [3.05, 3.63) is 85.1 Å². The maximum absolute atomic E-state index is 12.9. The van der Waals surface area contributed by atoms with Crippen LogP contribution in [0.1, 0.15) is 386 Å². The molecule has 0 amide bonds. The number of ether oxygens (including phenoxy) is 2. The zero-order valence-electron chi connectivity index (χ0n) is 62.7. The summed E-state index contributed by atoms with van der Waals surface area (Å²) in [5.74, 6) is -0.816. The number of hydrogen-bond acceptors (Lipinski definition) is 8. The maximum Gasteiger partial charge on any atom is 0.306 e. The Kier molecular flexibility index (Phi) is 72.2. The second kappa shape index (κ2) is 74.4. The van der Waals surface area contributed by atoms with Crippen molar-refractivity contribution in [2.45, 2.75) is 392 Å². The van der Waals surface area contributed by atoms with Crippen molar-refractivity contribution in [2.24, 2.45) is 0 Å². The molecule has 0 radical (unpaired) electrons. The first-order valence-corrected chi connectivity index (χ1v) is 41.8. The van der Waals surface area contributed by atoms with Gasteiger partial charge in [0.1, 0.15) is 19.8 Å². The van der Waals surface area contributed by atoms with Crippen molar-refractivity contribution >= 4 is 19.8 Å². The highest BCUT2D eigenvalue weighted by molar-refractivity contribution is 7.45. The predicted octanol–water partition coefficient (Wildman–Crippen LogP) is 26.2. The van der Waals surface area contributed by atoms with E-state index in [2.05, 4.69) is 98.9 Å². The van der Waals surface area contributed by atoms with Gasteiger partial charge in [-0.15, -0.1) is 0 Å². The lowest BCUT2D eigenvalue weighted by Gasteiger charge is -2.28. The number of quaternary nitrogens is 1. The first-order valence-electron chi connectivity index (χ1n) is 40.3. The lowest BCUT2D eigenvalue weighted by Crippen LogP contribution is -2.37. The fraction of sp³-hybridized carbons (Fsp3) is 0.810. The number of nitrogens with zero attached hydrogens (tertiary/aromatic N) is 1. The Morgan fingerprint density at radius 1 is 0.340 bits per heavy atom. The number of allylic oxidation sites excluding steroid dienone is 14. The van der Waals surface area contributed by atoms with E-state index in [0.29, 0.717) is 17.4 Å². The molecule has 0 N–H and O–H groups in total. The largest absolute Gasteiger partial charge is 0.756 e. The van der Waals surface area contributed by atoms with E-state index in [-0.39, 0.29) is 32.0 Å². The molecule has 2 atom stereocenters. The fourth-order valence-electron chi connectivity index (χ4n) is 11.8. The summed E-state index contributed by atoms with van der Waals surface area (Å²) < 4.78 is 34.4. The molecule has 2 unspecified atom stereocenters. The molecule has 0 aromatic heterocycles. The zero-order chi connectivity index (χ0) is 68.3. The summed E-state index contributed by atoms with van der Waals surface area (Å²) in [6.45, 7) is 4.17. The van der Waals surface area contributed by atoms with Gasteiger partial charge >= 0.3 is 11.9 Å². The third kappa shape index (κ3) is 78.2. The highest BCUT2D eigenvalue weighted by Gasteiger charge is 2.22. The first-order chi connectivity index (χ1) is 46.0. The highest BCUT2D eigenvalue weighted by Crippen LogP contribution is 2.38. The first kappa shape index (κ1) is 91.2. The number of esters is 2. The van der Waals surface area contributed by atoms with Crippen molar-refractivity contribution in [3.8, 4) is 0 Å². The van der Waals surface area contributed by atoms with E-state index < -0.39 is 26.5 Å². The minimum atomic E-state index is -4.65. The van der Waals surface area contributed by atoms with E-state index in [1.807, 2.05) is 21.1 Å². The number of phosphoric ester groups is 1. The van der Waals surface area contributed by atoms with Crippen molar-refractivity contribution < 1.29 is 42.1 Å². The Labute approximate surface area is 583 Å². The van der Waals surface area contributed by atoms with Crippen LogP contribution in [0.15, 0.2) is 85.1 Å². The average molecular weight is 1340 g/mol. The molecule has 0 aromatic rings. The topological polar surface area (TPSA) is 111 Å². The van der Waals surface area contributed by atoms with Crippen LogP contribution < -0.4 is 4.89 Å². The van der Waals surface area contributed by atoms with Crippen LogP contribution in [0.2, 0.25) is 0 Å². The molecule has 0 aliphatic rings. The van der Waals surface area contributed by atoms with E-state index >= 15 is 0 Å². The zero-order valence-corrected chi connectivity index (χ0v) is 63.6. The Bertz CT molecular complexity index is 1860. The standard InChI is InChI=1S/C84H154NO8P/c1-6-8-10-12-14-16-18-20-22-24-26-28-30-32-34-36-37-38-39-40-41-42-43-44-45-46-47-49-51-53-55-57-59-61-63-65-67-69-71-73-75-77-84(87)93-82(81-92-94(88,89)91-79-78-85(3,4)5)80-90-83(86)76-74-72-70-68-66-64-62-60-58-56-54-52-50-48-35-33-31-29-27-25-23-21-19-17-15-13-11-9-7-2/h8,10,14,16,19-22,25-28,31,33,82H,6-7,9,11-13,15,17-18,23-24,29-30,32,34-81H2,1-5H3/b10-8-,16-14-,21-19-,22-20-,27-25-,28-26-,33-31-. The third-order valence-electron chi connectivity index (χ3n) is 17.9. The molecule has 10 heteroatoms. The monoisotopic (exact) mass is 1340 g/mol. The van der Waals surface area contributed by atoms with Gasteiger partial charge in [0.05, 0.1) is 27.7 Å². The summed E-state index contributed by atoms with van der Waals surface area (Å²) in [7, 11) is 1.18. The summed E-state index contributed by atoms with van der Waals surface area (Å²) in [4.78, 5) is 38.2. The Morgan fingerprint density at radius 2 is 0.606 bits per heavy atom.